The molecule has 0 atom stereocenters. The van der Waals surface area contributed by atoms with Gasteiger partial charge < -0.3 is 9.47 Å². The van der Waals surface area contributed by atoms with Crippen LogP contribution in [-0.4, -0.2) is 33.9 Å². The van der Waals surface area contributed by atoms with Crippen LogP contribution in [0.15, 0.2) is 17.0 Å². The van der Waals surface area contributed by atoms with E-state index in [1.165, 1.54) is 13.1 Å². The number of hydrogen-bond acceptors (Lipinski definition) is 5. The highest BCUT2D eigenvalue weighted by Crippen LogP contribution is 2.37. The minimum Gasteiger partial charge on any atom is -0.486 e. The lowest BCUT2D eigenvalue weighted by molar-refractivity contribution is 0.106. The molecule has 0 aromatic heterocycles. The van der Waals surface area contributed by atoms with Gasteiger partial charge in [-0.2, -0.15) is 0 Å². The van der Waals surface area contributed by atoms with E-state index >= 15 is 0 Å². The van der Waals surface area contributed by atoms with Crippen LogP contribution in [0, 0.1) is 0 Å². The second-order valence-electron chi connectivity index (χ2n) is 3.48. The molecule has 1 heterocycles. The molecule has 98 valence electrons. The van der Waals surface area contributed by atoms with Gasteiger partial charge in [0.05, 0.1) is 10.5 Å². The predicted octanol–water partition coefficient (Wildman–Crippen LogP) is 0.745. The van der Waals surface area contributed by atoms with Crippen molar-refractivity contribution >= 4 is 26.9 Å². The van der Waals surface area contributed by atoms with Gasteiger partial charge in [0, 0.05) is 6.07 Å². The highest BCUT2D eigenvalue weighted by Gasteiger charge is 2.24. The SMILES string of the molecule is CNS(=O)(=O)c1cc2c(c(C(=O)Cl)c1)OCCO2. The molecule has 1 aromatic carbocycles. The van der Waals surface area contributed by atoms with Crippen LogP contribution in [0.5, 0.6) is 11.5 Å². The normalized spacial score (nSPS) is 14.3. The predicted molar refractivity (Wildman–Crippen MR) is 63.9 cm³/mol. The van der Waals surface area contributed by atoms with Crippen LogP contribution in [0.1, 0.15) is 10.4 Å². The molecular formula is C10H10ClNO5S. The molecule has 0 bridgehead atoms. The average molecular weight is 292 g/mol. The van der Waals surface area contributed by atoms with Gasteiger partial charge in [-0.15, -0.1) is 0 Å². The van der Waals surface area contributed by atoms with Crippen molar-refractivity contribution in [2.75, 3.05) is 20.3 Å². The Bertz CT molecular complexity index is 599. The van der Waals surface area contributed by atoms with Gasteiger partial charge >= 0.3 is 0 Å². The van der Waals surface area contributed by atoms with E-state index in [0.29, 0.717) is 0 Å². The monoisotopic (exact) mass is 291 g/mol. The van der Waals surface area contributed by atoms with Gasteiger partial charge in [0.25, 0.3) is 5.24 Å². The third-order valence-electron chi connectivity index (χ3n) is 2.41. The first-order chi connectivity index (χ1) is 8.45. The van der Waals surface area contributed by atoms with Crippen molar-refractivity contribution < 1.29 is 22.7 Å². The first-order valence-electron chi connectivity index (χ1n) is 5.02. The van der Waals surface area contributed by atoms with Gasteiger partial charge in [0.1, 0.15) is 13.2 Å². The summed E-state index contributed by atoms with van der Waals surface area (Å²) in [5.74, 6) is 0.373. The highest BCUT2D eigenvalue weighted by atomic mass is 35.5. The molecule has 0 fully saturated rings. The van der Waals surface area contributed by atoms with E-state index in [0.717, 1.165) is 6.07 Å². The number of halogens is 1. The molecular weight excluding hydrogens is 282 g/mol. The van der Waals surface area contributed by atoms with Crippen LogP contribution in [0.2, 0.25) is 0 Å². The Morgan fingerprint density at radius 3 is 2.61 bits per heavy atom. The molecule has 2 rings (SSSR count). The number of rotatable bonds is 3. The van der Waals surface area contributed by atoms with Gasteiger partial charge in [0.2, 0.25) is 10.0 Å². The zero-order valence-corrected chi connectivity index (χ0v) is 11.0. The second kappa shape index (κ2) is 4.75. The molecule has 1 aromatic rings. The summed E-state index contributed by atoms with van der Waals surface area (Å²) in [7, 11) is -2.41. The van der Waals surface area contributed by atoms with Gasteiger partial charge in [-0.1, -0.05) is 0 Å². The molecule has 0 unspecified atom stereocenters. The van der Waals surface area contributed by atoms with E-state index in [9.17, 15) is 13.2 Å². The molecule has 0 saturated heterocycles. The fourth-order valence-corrected chi connectivity index (χ4v) is 2.46. The Hall–Kier alpha value is -1.31. The van der Waals surface area contributed by atoms with Gasteiger partial charge in [-0.25, -0.2) is 13.1 Å². The number of nitrogens with one attached hydrogen (secondary N) is 1. The molecule has 0 spiro atoms. The molecule has 0 radical (unpaired) electrons. The topological polar surface area (TPSA) is 81.7 Å². The van der Waals surface area contributed by atoms with Crippen LogP contribution in [0.4, 0.5) is 0 Å². The quantitative estimate of drug-likeness (QED) is 0.831. The van der Waals surface area contributed by atoms with E-state index in [2.05, 4.69) is 4.72 Å². The molecule has 1 N–H and O–H groups in total. The molecule has 0 aliphatic carbocycles. The summed E-state index contributed by atoms with van der Waals surface area (Å²) in [4.78, 5) is 11.2. The van der Waals surface area contributed by atoms with E-state index in [1.54, 1.807) is 0 Å². The standard InChI is InChI=1S/C10H10ClNO5S/c1-12-18(14,15)6-4-7(10(11)13)9-8(5-6)16-2-3-17-9/h4-5,12H,2-3H2,1H3. The lowest BCUT2D eigenvalue weighted by Crippen LogP contribution is -2.21. The number of carbonyl (C=O) groups excluding carboxylic acids is 1. The van der Waals surface area contributed by atoms with Crippen molar-refractivity contribution in [2.24, 2.45) is 0 Å². The van der Waals surface area contributed by atoms with Crippen molar-refractivity contribution in [1.29, 1.82) is 0 Å². The van der Waals surface area contributed by atoms with E-state index in [-0.39, 0.29) is 35.2 Å². The minimum atomic E-state index is -3.68. The summed E-state index contributed by atoms with van der Waals surface area (Å²) >= 11 is 5.42. The Morgan fingerprint density at radius 1 is 1.33 bits per heavy atom. The first kappa shape index (κ1) is 13.1. The molecule has 1 aliphatic rings. The van der Waals surface area contributed by atoms with Crippen LogP contribution in [0.25, 0.3) is 0 Å². The minimum absolute atomic E-state index is 0.0253. The summed E-state index contributed by atoms with van der Waals surface area (Å²) in [5.41, 5.74) is -0.0253. The fourth-order valence-electron chi connectivity index (χ4n) is 1.55. The van der Waals surface area contributed by atoms with Crippen molar-refractivity contribution in [3.05, 3.63) is 17.7 Å². The molecule has 1 aliphatic heterocycles. The van der Waals surface area contributed by atoms with E-state index in [1.807, 2.05) is 0 Å². The van der Waals surface area contributed by atoms with Gasteiger partial charge in [-0.3, -0.25) is 4.79 Å². The maximum Gasteiger partial charge on any atom is 0.256 e. The summed E-state index contributed by atoms with van der Waals surface area (Å²) < 4.78 is 36.1. The Labute approximate surface area is 109 Å². The summed E-state index contributed by atoms with van der Waals surface area (Å²) in [6.45, 7) is 0.564. The van der Waals surface area contributed by atoms with E-state index < -0.39 is 15.3 Å². The Morgan fingerprint density at radius 2 is 2.00 bits per heavy atom. The number of hydrogen-bond donors (Lipinski definition) is 1. The average Bonchev–Trinajstić information content (AvgIpc) is 2.37. The van der Waals surface area contributed by atoms with Crippen LogP contribution < -0.4 is 14.2 Å². The molecule has 8 heteroatoms. The summed E-state index contributed by atoms with van der Waals surface area (Å²) in [6, 6.07) is 2.46. The lowest BCUT2D eigenvalue weighted by atomic mass is 10.2. The van der Waals surface area contributed by atoms with Crippen molar-refractivity contribution in [3.8, 4) is 11.5 Å². The number of sulfonamides is 1. The maximum absolute atomic E-state index is 11.7. The lowest BCUT2D eigenvalue weighted by Gasteiger charge is -2.20. The largest absolute Gasteiger partial charge is 0.486 e. The third-order valence-corrected chi connectivity index (χ3v) is 4.00. The first-order valence-corrected chi connectivity index (χ1v) is 6.89. The fraction of sp³-hybridized carbons (Fsp3) is 0.300. The molecule has 0 saturated carbocycles. The second-order valence-corrected chi connectivity index (χ2v) is 5.71. The number of ether oxygens (including phenoxy) is 2. The van der Waals surface area contributed by atoms with Crippen molar-refractivity contribution in [2.45, 2.75) is 4.90 Å². The molecule has 6 nitrogen and oxygen atoms in total. The number of fused-ring (bicyclic) bond motifs is 1. The zero-order chi connectivity index (χ0) is 13.3. The maximum atomic E-state index is 11.7. The van der Waals surface area contributed by atoms with Crippen LogP contribution in [-0.2, 0) is 10.0 Å². The number of benzene rings is 1. The number of carbonyl (C=O) groups is 1. The van der Waals surface area contributed by atoms with Crippen molar-refractivity contribution in [1.82, 2.24) is 4.72 Å². The summed E-state index contributed by atoms with van der Waals surface area (Å²) in [5, 5.41) is -0.801. The zero-order valence-electron chi connectivity index (χ0n) is 9.40. The Balaban J connectivity index is 2.66. The van der Waals surface area contributed by atoms with Crippen LogP contribution >= 0.6 is 11.6 Å². The highest BCUT2D eigenvalue weighted by molar-refractivity contribution is 7.89. The Kier molecular flexibility index (Phi) is 3.47. The van der Waals surface area contributed by atoms with Gasteiger partial charge in [-0.05, 0) is 24.7 Å². The van der Waals surface area contributed by atoms with Crippen LogP contribution in [0.3, 0.4) is 0 Å². The molecule has 0 amide bonds. The summed E-state index contributed by atoms with van der Waals surface area (Å²) in [6.07, 6.45) is 0. The van der Waals surface area contributed by atoms with Gasteiger partial charge in [0.15, 0.2) is 11.5 Å². The smallest absolute Gasteiger partial charge is 0.256 e. The van der Waals surface area contributed by atoms with E-state index in [4.69, 9.17) is 21.1 Å². The molecule has 18 heavy (non-hydrogen) atoms. The van der Waals surface area contributed by atoms with Crippen molar-refractivity contribution in [3.63, 3.8) is 0 Å². The third kappa shape index (κ3) is 2.29.